The molecule has 0 unspecified atom stereocenters. The highest BCUT2D eigenvalue weighted by atomic mass is 28.4. The Bertz CT molecular complexity index is 530. The van der Waals surface area contributed by atoms with Gasteiger partial charge in [-0.1, -0.05) is 27.4 Å². The predicted octanol–water partition coefficient (Wildman–Crippen LogP) is 3.98. The van der Waals surface area contributed by atoms with Gasteiger partial charge in [-0.25, -0.2) is 9.59 Å². The van der Waals surface area contributed by atoms with E-state index in [2.05, 4.69) is 40.4 Å². The minimum absolute atomic E-state index is 0.0225. The van der Waals surface area contributed by atoms with Gasteiger partial charge in [0, 0.05) is 12.1 Å². The monoisotopic (exact) mass is 357 g/mol. The van der Waals surface area contributed by atoms with Crippen LogP contribution in [0.2, 0.25) is 18.1 Å². The Morgan fingerprint density at radius 3 is 2.08 bits per heavy atom. The van der Waals surface area contributed by atoms with E-state index in [1.54, 1.807) is 20.8 Å². The number of carbonyl (C=O) groups is 2. The molecule has 1 aliphatic rings. The van der Waals surface area contributed by atoms with E-state index in [1.807, 2.05) is 0 Å². The van der Waals surface area contributed by atoms with Gasteiger partial charge in [-0.2, -0.15) is 0 Å². The molecule has 1 aliphatic heterocycles. The number of hydrogen-bond acceptors (Lipinski definition) is 4. The molecule has 0 aromatic carbocycles. The highest BCUT2D eigenvalue weighted by Gasteiger charge is 2.48. The Morgan fingerprint density at radius 1 is 1.21 bits per heavy atom. The maximum Gasteiger partial charge on any atom is 0.415 e. The van der Waals surface area contributed by atoms with Gasteiger partial charge in [0.25, 0.3) is 0 Å². The first-order valence-electron chi connectivity index (χ1n) is 8.18. The minimum Gasteiger partial charge on any atom is -0.480 e. The molecule has 1 N–H and O–H groups in total. The van der Waals surface area contributed by atoms with Crippen LogP contribution in [0, 0.1) is 0 Å². The van der Waals surface area contributed by atoms with E-state index < -0.39 is 38.1 Å². The molecule has 2 atom stereocenters. The Balaban J connectivity index is 3.04. The second-order valence-corrected chi connectivity index (χ2v) is 13.6. The quantitative estimate of drug-likeness (QED) is 0.773. The van der Waals surface area contributed by atoms with Crippen molar-refractivity contribution in [2.45, 2.75) is 83.8 Å². The Labute approximate surface area is 145 Å². The van der Waals surface area contributed by atoms with Crippen LogP contribution >= 0.6 is 0 Å². The van der Waals surface area contributed by atoms with Crippen LogP contribution in [0.25, 0.3) is 0 Å². The van der Waals surface area contributed by atoms with Gasteiger partial charge in [-0.15, -0.1) is 0 Å². The van der Waals surface area contributed by atoms with Crippen molar-refractivity contribution in [1.82, 2.24) is 4.90 Å². The fraction of sp³-hybridized carbons (Fsp3) is 0.765. The van der Waals surface area contributed by atoms with Crippen LogP contribution < -0.4 is 0 Å². The van der Waals surface area contributed by atoms with Crippen molar-refractivity contribution in [1.29, 1.82) is 0 Å². The lowest BCUT2D eigenvalue weighted by Gasteiger charge is -2.38. The van der Waals surface area contributed by atoms with Crippen molar-refractivity contribution in [2.24, 2.45) is 0 Å². The molecule has 1 rings (SSSR count). The zero-order chi connectivity index (χ0) is 19.1. The molecular weight excluding hydrogens is 326 g/mol. The summed E-state index contributed by atoms with van der Waals surface area (Å²) in [7, 11) is -2.12. The number of carboxylic acids is 1. The average Bonchev–Trinajstić information content (AvgIpc) is 2.62. The molecule has 6 nitrogen and oxygen atoms in total. The van der Waals surface area contributed by atoms with E-state index in [1.165, 1.54) is 0 Å². The van der Waals surface area contributed by atoms with Crippen molar-refractivity contribution in [3.8, 4) is 0 Å². The third-order valence-electron chi connectivity index (χ3n) is 4.55. The van der Waals surface area contributed by atoms with Gasteiger partial charge < -0.3 is 14.3 Å². The third-order valence-corrected chi connectivity index (χ3v) is 9.03. The van der Waals surface area contributed by atoms with Gasteiger partial charge in [-0.05, 0) is 38.9 Å². The summed E-state index contributed by atoms with van der Waals surface area (Å²) in [5.74, 6) is -1.08. The Kier molecular flexibility index (Phi) is 5.62. The molecule has 1 amide bonds. The standard InChI is InChI=1S/C17H31NO5Si/c1-11-13(23-24(8,9)17(5,6)7)10-12(14(19)20)18(11)15(21)22-16(2,3)4/h12-13H,1,10H2,2-9H3,(H,19,20)/t12-,13-/m0/s1. The molecular formula is C17H31NO5Si. The SMILES string of the molecule is C=C1[C@@H](O[Si](C)(C)C(C)(C)C)C[C@@H](C(=O)O)N1C(=O)OC(C)(C)C. The van der Waals surface area contributed by atoms with E-state index in [9.17, 15) is 14.7 Å². The minimum atomic E-state index is -2.12. The lowest BCUT2D eigenvalue weighted by molar-refractivity contribution is -0.141. The van der Waals surface area contributed by atoms with Crippen molar-refractivity contribution >= 4 is 20.4 Å². The number of hydrogen-bond donors (Lipinski definition) is 1. The van der Waals surface area contributed by atoms with Gasteiger partial charge in [0.2, 0.25) is 0 Å². The van der Waals surface area contributed by atoms with Crippen LogP contribution in [0.1, 0.15) is 48.0 Å². The molecule has 138 valence electrons. The molecule has 0 aromatic rings. The highest BCUT2D eigenvalue weighted by molar-refractivity contribution is 6.74. The van der Waals surface area contributed by atoms with E-state index in [4.69, 9.17) is 9.16 Å². The molecule has 7 heteroatoms. The first kappa shape index (κ1) is 20.7. The molecule has 1 heterocycles. The molecule has 0 aliphatic carbocycles. The molecule has 0 radical (unpaired) electrons. The molecule has 1 saturated heterocycles. The number of rotatable bonds is 3. The van der Waals surface area contributed by atoms with Gasteiger partial charge in [0.1, 0.15) is 11.6 Å². The number of likely N-dealkylation sites (tertiary alicyclic amines) is 1. The second-order valence-electron chi connectivity index (χ2n) is 8.80. The lowest BCUT2D eigenvalue weighted by Crippen LogP contribution is -2.44. The van der Waals surface area contributed by atoms with Crippen LogP contribution in [0.4, 0.5) is 4.79 Å². The van der Waals surface area contributed by atoms with E-state index in [-0.39, 0.29) is 11.5 Å². The van der Waals surface area contributed by atoms with Crippen molar-refractivity contribution < 1.29 is 23.9 Å². The topological polar surface area (TPSA) is 76.1 Å². The summed E-state index contributed by atoms with van der Waals surface area (Å²) >= 11 is 0. The summed E-state index contributed by atoms with van der Waals surface area (Å²) in [6, 6.07) is -1.01. The van der Waals surface area contributed by atoms with Gasteiger partial charge in [0.05, 0.1) is 6.10 Å². The van der Waals surface area contributed by atoms with Gasteiger partial charge in [0.15, 0.2) is 8.32 Å². The van der Waals surface area contributed by atoms with Crippen LogP contribution in [0.5, 0.6) is 0 Å². The van der Waals surface area contributed by atoms with Gasteiger partial charge in [-0.3, -0.25) is 4.90 Å². The maximum absolute atomic E-state index is 12.4. The number of ether oxygens (including phenoxy) is 1. The maximum atomic E-state index is 12.4. The highest BCUT2D eigenvalue weighted by Crippen LogP contribution is 2.41. The summed E-state index contributed by atoms with van der Waals surface area (Å²) < 4.78 is 11.6. The summed E-state index contributed by atoms with van der Waals surface area (Å²) in [5, 5.41) is 9.47. The fourth-order valence-electron chi connectivity index (χ4n) is 2.21. The molecule has 1 fully saturated rings. The van der Waals surface area contributed by atoms with Crippen LogP contribution in [-0.4, -0.2) is 48.1 Å². The molecule has 0 aromatic heterocycles. The Morgan fingerprint density at radius 2 is 1.71 bits per heavy atom. The third kappa shape index (κ3) is 4.60. The van der Waals surface area contributed by atoms with Crippen molar-refractivity contribution in [3.05, 3.63) is 12.3 Å². The van der Waals surface area contributed by atoms with Crippen LogP contribution in [0.3, 0.4) is 0 Å². The van der Waals surface area contributed by atoms with Crippen molar-refractivity contribution in [3.63, 3.8) is 0 Å². The zero-order valence-electron chi connectivity index (χ0n) is 16.1. The van der Waals surface area contributed by atoms with E-state index >= 15 is 0 Å². The zero-order valence-corrected chi connectivity index (χ0v) is 17.1. The summed E-state index contributed by atoms with van der Waals surface area (Å²) in [4.78, 5) is 25.2. The molecule has 0 spiro atoms. The number of nitrogens with zero attached hydrogens (tertiary/aromatic N) is 1. The second kappa shape index (κ2) is 6.52. The molecule has 0 saturated carbocycles. The first-order valence-corrected chi connectivity index (χ1v) is 11.1. The summed E-state index contributed by atoms with van der Waals surface area (Å²) in [5.41, 5.74) is -0.347. The summed E-state index contributed by atoms with van der Waals surface area (Å²) in [6.07, 6.45) is -0.986. The average molecular weight is 358 g/mol. The van der Waals surface area contributed by atoms with Crippen molar-refractivity contribution in [2.75, 3.05) is 0 Å². The van der Waals surface area contributed by atoms with E-state index in [0.29, 0.717) is 5.70 Å². The lowest BCUT2D eigenvalue weighted by atomic mass is 10.2. The van der Waals surface area contributed by atoms with Crippen LogP contribution in [0.15, 0.2) is 12.3 Å². The predicted molar refractivity (Wildman–Crippen MR) is 95.3 cm³/mol. The smallest absolute Gasteiger partial charge is 0.415 e. The Hall–Kier alpha value is -1.34. The molecule has 0 bridgehead atoms. The van der Waals surface area contributed by atoms with Crippen LogP contribution in [-0.2, 0) is 14.0 Å². The summed E-state index contributed by atoms with van der Waals surface area (Å²) in [6.45, 7) is 19.6. The first-order chi connectivity index (χ1) is 10.6. The number of amides is 1. The fourth-order valence-corrected chi connectivity index (χ4v) is 3.51. The largest absolute Gasteiger partial charge is 0.480 e. The normalized spacial score (nSPS) is 22.7. The number of carbonyl (C=O) groups excluding carboxylic acids is 1. The number of aliphatic carboxylic acids is 1. The molecule has 24 heavy (non-hydrogen) atoms. The van der Waals surface area contributed by atoms with Gasteiger partial charge >= 0.3 is 12.1 Å². The van der Waals surface area contributed by atoms with E-state index in [0.717, 1.165) is 4.90 Å². The number of carboxylic acid groups (broad SMARTS) is 1.